The second-order valence-corrected chi connectivity index (χ2v) is 4.89. The number of H-pyrrole nitrogens is 1. The van der Waals surface area contributed by atoms with Gasteiger partial charge in [0.15, 0.2) is 0 Å². The van der Waals surface area contributed by atoms with E-state index in [1.807, 2.05) is 6.92 Å². The molecule has 2 aromatic rings. The number of halogens is 2. The number of hydrogen-bond donors (Lipinski definition) is 1. The molecule has 0 bridgehead atoms. The Bertz CT molecular complexity index is 588. The lowest BCUT2D eigenvalue weighted by Gasteiger charge is -2.31. The zero-order valence-electron chi connectivity index (χ0n) is 11.0. The molecule has 2 aromatic heterocycles. The molecule has 0 radical (unpaired) electrons. The summed E-state index contributed by atoms with van der Waals surface area (Å²) < 4.78 is 26.4. The molecule has 0 amide bonds. The zero-order valence-corrected chi connectivity index (χ0v) is 11.0. The molecular weight excluding hydrogens is 266 g/mol. The first-order valence-electron chi connectivity index (χ1n) is 6.38. The monoisotopic (exact) mass is 280 g/mol. The van der Waals surface area contributed by atoms with E-state index in [2.05, 4.69) is 25.4 Å². The fourth-order valence-corrected chi connectivity index (χ4v) is 2.18. The summed E-state index contributed by atoms with van der Waals surface area (Å²) in [5, 5.41) is 10.2. The molecule has 0 aliphatic carbocycles. The van der Waals surface area contributed by atoms with Crippen LogP contribution in [0.25, 0.3) is 11.4 Å². The molecule has 0 aromatic carbocycles. The molecule has 0 unspecified atom stereocenters. The number of aryl methyl sites for hydroxylation is 1. The number of aromatic amines is 1. The van der Waals surface area contributed by atoms with Gasteiger partial charge in [-0.15, -0.1) is 0 Å². The quantitative estimate of drug-likeness (QED) is 0.908. The van der Waals surface area contributed by atoms with Crippen LogP contribution in [-0.2, 0) is 0 Å². The number of aromatic nitrogens is 5. The zero-order chi connectivity index (χ0) is 14.2. The van der Waals surface area contributed by atoms with E-state index < -0.39 is 5.92 Å². The van der Waals surface area contributed by atoms with Crippen molar-refractivity contribution in [3.63, 3.8) is 0 Å². The minimum absolute atomic E-state index is 0.163. The van der Waals surface area contributed by atoms with E-state index >= 15 is 0 Å². The van der Waals surface area contributed by atoms with Crippen molar-refractivity contribution in [3.05, 3.63) is 18.0 Å². The maximum absolute atomic E-state index is 13.2. The smallest absolute Gasteiger partial charge is 0.251 e. The first-order valence-corrected chi connectivity index (χ1v) is 6.38. The Morgan fingerprint density at radius 2 is 1.95 bits per heavy atom. The summed E-state index contributed by atoms with van der Waals surface area (Å²) >= 11 is 0. The molecule has 1 N–H and O–H groups in total. The third kappa shape index (κ3) is 2.59. The minimum Gasteiger partial charge on any atom is -0.340 e. The van der Waals surface area contributed by atoms with Gasteiger partial charge in [-0.2, -0.15) is 15.4 Å². The van der Waals surface area contributed by atoms with E-state index in [1.165, 1.54) is 0 Å². The molecule has 8 heteroatoms. The van der Waals surface area contributed by atoms with Crippen LogP contribution in [0.1, 0.15) is 18.5 Å². The van der Waals surface area contributed by atoms with Crippen LogP contribution < -0.4 is 4.90 Å². The van der Waals surface area contributed by atoms with Crippen LogP contribution in [0.15, 0.2) is 12.3 Å². The summed E-state index contributed by atoms with van der Waals surface area (Å²) in [5.74, 6) is -2.10. The normalized spacial score (nSPS) is 18.2. The Kier molecular flexibility index (Phi) is 3.07. The van der Waals surface area contributed by atoms with Gasteiger partial charge in [0, 0.05) is 31.6 Å². The Labute approximate surface area is 114 Å². The number of rotatable bonds is 2. The Morgan fingerprint density at radius 3 is 2.60 bits per heavy atom. The molecule has 1 saturated heterocycles. The van der Waals surface area contributed by atoms with E-state index in [0.29, 0.717) is 17.3 Å². The van der Waals surface area contributed by atoms with Crippen molar-refractivity contribution in [1.29, 1.82) is 0 Å². The maximum Gasteiger partial charge on any atom is 0.251 e. The van der Waals surface area contributed by atoms with Crippen LogP contribution in [-0.4, -0.2) is 44.4 Å². The Morgan fingerprint density at radius 1 is 1.20 bits per heavy atom. The number of hydrogen-bond acceptors (Lipinski definition) is 5. The van der Waals surface area contributed by atoms with Crippen LogP contribution in [0.5, 0.6) is 0 Å². The van der Waals surface area contributed by atoms with Gasteiger partial charge < -0.3 is 4.90 Å². The SMILES string of the molecule is Cc1cc(-c2cn[nH]n2)nc(N2CCC(F)(F)CC2)n1. The van der Waals surface area contributed by atoms with Crippen molar-refractivity contribution in [1.82, 2.24) is 25.4 Å². The largest absolute Gasteiger partial charge is 0.340 e. The van der Waals surface area contributed by atoms with Gasteiger partial charge in [-0.1, -0.05) is 0 Å². The minimum atomic E-state index is -2.57. The lowest BCUT2D eigenvalue weighted by atomic mass is 10.1. The molecule has 0 atom stereocenters. The van der Waals surface area contributed by atoms with Crippen LogP contribution in [0, 0.1) is 6.92 Å². The van der Waals surface area contributed by atoms with Crippen molar-refractivity contribution in [2.24, 2.45) is 0 Å². The van der Waals surface area contributed by atoms with Gasteiger partial charge in [0.05, 0.1) is 11.9 Å². The number of anilines is 1. The first kappa shape index (κ1) is 12.9. The predicted molar refractivity (Wildman–Crippen MR) is 68.5 cm³/mol. The van der Waals surface area contributed by atoms with Crippen LogP contribution >= 0.6 is 0 Å². The second kappa shape index (κ2) is 4.77. The molecule has 1 fully saturated rings. The van der Waals surface area contributed by atoms with Gasteiger partial charge in [-0.25, -0.2) is 18.7 Å². The van der Waals surface area contributed by atoms with Gasteiger partial charge in [0.2, 0.25) is 5.95 Å². The molecule has 0 spiro atoms. The van der Waals surface area contributed by atoms with Crippen LogP contribution in [0.3, 0.4) is 0 Å². The van der Waals surface area contributed by atoms with Crippen LogP contribution in [0.4, 0.5) is 14.7 Å². The molecule has 3 heterocycles. The highest BCUT2D eigenvalue weighted by atomic mass is 19.3. The van der Waals surface area contributed by atoms with Gasteiger partial charge in [0.1, 0.15) is 5.69 Å². The van der Waals surface area contributed by atoms with Crippen molar-refractivity contribution >= 4 is 5.95 Å². The van der Waals surface area contributed by atoms with Gasteiger partial charge >= 0.3 is 0 Å². The van der Waals surface area contributed by atoms with Crippen molar-refractivity contribution in [2.45, 2.75) is 25.7 Å². The van der Waals surface area contributed by atoms with Crippen molar-refractivity contribution in [2.75, 3.05) is 18.0 Å². The standard InChI is InChI=1S/C12H14F2N6/c1-8-6-9(10-7-15-19-18-10)17-11(16-8)20-4-2-12(13,14)3-5-20/h6-7H,2-5H2,1H3,(H,15,18,19). The number of nitrogens with one attached hydrogen (secondary N) is 1. The Balaban J connectivity index is 1.87. The summed E-state index contributed by atoms with van der Waals surface area (Å²) in [4.78, 5) is 10.5. The fraction of sp³-hybridized carbons (Fsp3) is 0.500. The maximum atomic E-state index is 13.2. The average Bonchev–Trinajstić information content (AvgIpc) is 2.91. The number of piperidine rings is 1. The highest BCUT2D eigenvalue weighted by Crippen LogP contribution is 2.29. The average molecular weight is 280 g/mol. The summed E-state index contributed by atoms with van der Waals surface area (Å²) in [6.45, 7) is 2.36. The van der Waals surface area contributed by atoms with E-state index in [4.69, 9.17) is 0 Å². The number of nitrogens with zero attached hydrogens (tertiary/aromatic N) is 5. The predicted octanol–water partition coefficient (Wildman–Crippen LogP) is 1.81. The first-order chi connectivity index (χ1) is 9.53. The van der Waals surface area contributed by atoms with Crippen molar-refractivity contribution in [3.8, 4) is 11.4 Å². The molecular formula is C12H14F2N6. The topological polar surface area (TPSA) is 70.6 Å². The lowest BCUT2D eigenvalue weighted by Crippen LogP contribution is -2.40. The summed E-state index contributed by atoms with van der Waals surface area (Å²) in [5.41, 5.74) is 2.02. The van der Waals surface area contributed by atoms with Crippen LogP contribution in [0.2, 0.25) is 0 Å². The van der Waals surface area contributed by atoms with Gasteiger partial charge in [-0.05, 0) is 13.0 Å². The molecule has 20 heavy (non-hydrogen) atoms. The van der Waals surface area contributed by atoms with E-state index in [-0.39, 0.29) is 25.9 Å². The summed E-state index contributed by atoms with van der Waals surface area (Å²) in [7, 11) is 0. The molecule has 106 valence electrons. The summed E-state index contributed by atoms with van der Waals surface area (Å²) in [6.07, 6.45) is 1.24. The second-order valence-electron chi connectivity index (χ2n) is 4.89. The van der Waals surface area contributed by atoms with E-state index in [1.54, 1.807) is 17.2 Å². The van der Waals surface area contributed by atoms with E-state index in [9.17, 15) is 8.78 Å². The Hall–Kier alpha value is -2.12. The van der Waals surface area contributed by atoms with Gasteiger partial charge in [0.25, 0.3) is 5.92 Å². The third-order valence-corrected chi connectivity index (χ3v) is 3.30. The highest BCUT2D eigenvalue weighted by molar-refractivity contribution is 5.55. The van der Waals surface area contributed by atoms with Gasteiger partial charge in [-0.3, -0.25) is 0 Å². The fourth-order valence-electron chi connectivity index (χ4n) is 2.18. The molecule has 3 rings (SSSR count). The lowest BCUT2D eigenvalue weighted by molar-refractivity contribution is -0.0222. The highest BCUT2D eigenvalue weighted by Gasteiger charge is 2.34. The number of alkyl halides is 2. The molecule has 6 nitrogen and oxygen atoms in total. The molecule has 1 aliphatic heterocycles. The third-order valence-electron chi connectivity index (χ3n) is 3.30. The molecule has 0 saturated carbocycles. The summed E-state index contributed by atoms with van der Waals surface area (Å²) in [6, 6.07) is 1.79. The van der Waals surface area contributed by atoms with E-state index in [0.717, 1.165) is 5.69 Å². The van der Waals surface area contributed by atoms with Crippen molar-refractivity contribution < 1.29 is 8.78 Å². The molecule has 1 aliphatic rings.